The number of carbonyl (C=O) groups is 1. The van der Waals surface area contributed by atoms with E-state index in [-0.39, 0.29) is 17.8 Å². The number of benzene rings is 1. The standard InChI is InChI=1S/C19H19ClN2O2S2/c1-10(2)24-14(23)9-25-19-21-17(20)16-15(12(4)26-18(16)22-19)13-7-5-11(3)6-8-13/h5-8,10H,9H2,1-4H3. The molecule has 0 aliphatic heterocycles. The van der Waals surface area contributed by atoms with Crippen LogP contribution in [0.4, 0.5) is 0 Å². The highest BCUT2D eigenvalue weighted by Crippen LogP contribution is 2.41. The van der Waals surface area contributed by atoms with Crippen LogP contribution in [0.15, 0.2) is 29.4 Å². The van der Waals surface area contributed by atoms with E-state index >= 15 is 0 Å². The van der Waals surface area contributed by atoms with E-state index in [0.717, 1.165) is 26.2 Å². The van der Waals surface area contributed by atoms with E-state index in [1.54, 1.807) is 11.3 Å². The van der Waals surface area contributed by atoms with Crippen LogP contribution in [0.1, 0.15) is 24.3 Å². The van der Waals surface area contributed by atoms with Gasteiger partial charge in [-0.2, -0.15) is 0 Å². The van der Waals surface area contributed by atoms with Crippen molar-refractivity contribution in [3.8, 4) is 11.1 Å². The van der Waals surface area contributed by atoms with Crippen LogP contribution in [0.5, 0.6) is 0 Å². The first-order valence-electron chi connectivity index (χ1n) is 8.21. The summed E-state index contributed by atoms with van der Waals surface area (Å²) in [6, 6.07) is 8.34. The molecule has 3 aromatic rings. The van der Waals surface area contributed by atoms with Gasteiger partial charge in [-0.3, -0.25) is 4.79 Å². The largest absolute Gasteiger partial charge is 0.462 e. The van der Waals surface area contributed by atoms with Gasteiger partial charge in [-0.1, -0.05) is 53.2 Å². The highest BCUT2D eigenvalue weighted by molar-refractivity contribution is 7.99. The van der Waals surface area contributed by atoms with Gasteiger partial charge in [-0.05, 0) is 33.3 Å². The maximum atomic E-state index is 11.7. The summed E-state index contributed by atoms with van der Waals surface area (Å²) >= 11 is 9.31. The van der Waals surface area contributed by atoms with Crippen LogP contribution < -0.4 is 0 Å². The lowest BCUT2D eigenvalue weighted by Crippen LogP contribution is -2.13. The molecule has 4 nitrogen and oxygen atoms in total. The van der Waals surface area contributed by atoms with Gasteiger partial charge >= 0.3 is 5.97 Å². The number of halogens is 1. The molecule has 2 aromatic heterocycles. The summed E-state index contributed by atoms with van der Waals surface area (Å²) < 4.78 is 5.13. The van der Waals surface area contributed by atoms with Crippen LogP contribution in [0.2, 0.25) is 5.15 Å². The van der Waals surface area contributed by atoms with Crippen molar-refractivity contribution in [1.82, 2.24) is 9.97 Å². The van der Waals surface area contributed by atoms with Crippen molar-refractivity contribution >= 4 is 50.9 Å². The molecule has 0 aliphatic rings. The number of carbonyl (C=O) groups excluding carboxylic acids is 1. The van der Waals surface area contributed by atoms with Crippen molar-refractivity contribution in [2.24, 2.45) is 0 Å². The Hall–Kier alpha value is -1.63. The monoisotopic (exact) mass is 406 g/mol. The van der Waals surface area contributed by atoms with Crippen molar-refractivity contribution in [1.29, 1.82) is 0 Å². The molecule has 0 saturated carbocycles. The molecular formula is C19H19ClN2O2S2. The Morgan fingerprint density at radius 3 is 2.58 bits per heavy atom. The summed E-state index contributed by atoms with van der Waals surface area (Å²) in [6.45, 7) is 7.77. The number of thiophene rings is 1. The van der Waals surface area contributed by atoms with E-state index in [9.17, 15) is 4.79 Å². The average Bonchev–Trinajstić information content (AvgIpc) is 2.90. The lowest BCUT2D eigenvalue weighted by atomic mass is 10.0. The molecule has 136 valence electrons. The first-order chi connectivity index (χ1) is 12.3. The molecule has 0 spiro atoms. The lowest BCUT2D eigenvalue weighted by molar-refractivity contribution is -0.144. The molecule has 0 bridgehead atoms. The second kappa shape index (κ2) is 7.94. The third-order valence-electron chi connectivity index (χ3n) is 3.69. The molecule has 0 unspecified atom stereocenters. The van der Waals surface area contributed by atoms with Crippen LogP contribution in [-0.2, 0) is 9.53 Å². The number of ether oxygens (including phenoxy) is 1. The van der Waals surface area contributed by atoms with Crippen LogP contribution in [0, 0.1) is 13.8 Å². The van der Waals surface area contributed by atoms with E-state index in [1.807, 2.05) is 13.8 Å². The fourth-order valence-electron chi connectivity index (χ4n) is 2.60. The number of aromatic nitrogens is 2. The topological polar surface area (TPSA) is 52.1 Å². The third-order valence-corrected chi connectivity index (χ3v) is 5.78. The third kappa shape index (κ3) is 4.19. The molecule has 1 aromatic carbocycles. The Bertz CT molecular complexity index is 952. The molecule has 0 atom stereocenters. The van der Waals surface area contributed by atoms with Gasteiger partial charge < -0.3 is 4.74 Å². The van der Waals surface area contributed by atoms with Gasteiger partial charge in [-0.25, -0.2) is 9.97 Å². The van der Waals surface area contributed by atoms with Gasteiger partial charge in [0, 0.05) is 10.4 Å². The van der Waals surface area contributed by atoms with Crippen LogP contribution in [0.3, 0.4) is 0 Å². The Labute approximate surface area is 166 Å². The first kappa shape index (κ1) is 19.1. The van der Waals surface area contributed by atoms with Crippen molar-refractivity contribution in [2.45, 2.75) is 39.0 Å². The fourth-order valence-corrected chi connectivity index (χ4v) is 4.70. The minimum atomic E-state index is -0.285. The van der Waals surface area contributed by atoms with Crippen molar-refractivity contribution in [2.75, 3.05) is 5.75 Å². The number of esters is 1. The Morgan fingerprint density at radius 1 is 1.23 bits per heavy atom. The van der Waals surface area contributed by atoms with Gasteiger partial charge in [0.25, 0.3) is 0 Å². The number of nitrogens with zero attached hydrogens (tertiary/aromatic N) is 2. The summed E-state index contributed by atoms with van der Waals surface area (Å²) in [5.74, 6) is -0.123. The molecule has 2 heterocycles. The maximum absolute atomic E-state index is 11.7. The predicted octanol–water partition coefficient (Wildman–Crippen LogP) is 5.67. The van der Waals surface area contributed by atoms with E-state index in [0.29, 0.717) is 10.3 Å². The van der Waals surface area contributed by atoms with Gasteiger partial charge in [0.05, 0.1) is 17.2 Å². The molecule has 0 N–H and O–H groups in total. The number of hydrogen-bond donors (Lipinski definition) is 0. The minimum absolute atomic E-state index is 0.132. The maximum Gasteiger partial charge on any atom is 0.316 e. The molecule has 26 heavy (non-hydrogen) atoms. The second-order valence-corrected chi connectivity index (χ2v) is 8.71. The van der Waals surface area contributed by atoms with Crippen LogP contribution >= 0.6 is 34.7 Å². The summed E-state index contributed by atoms with van der Waals surface area (Å²) in [5, 5.41) is 1.77. The van der Waals surface area contributed by atoms with Crippen molar-refractivity contribution in [3.05, 3.63) is 39.9 Å². The zero-order chi connectivity index (χ0) is 18.8. The van der Waals surface area contributed by atoms with Gasteiger partial charge in [0.2, 0.25) is 0 Å². The van der Waals surface area contributed by atoms with Crippen LogP contribution in [0.25, 0.3) is 21.3 Å². The lowest BCUT2D eigenvalue weighted by Gasteiger charge is -2.07. The molecule has 0 amide bonds. The van der Waals surface area contributed by atoms with Crippen LogP contribution in [-0.4, -0.2) is 27.8 Å². The van der Waals surface area contributed by atoms with E-state index < -0.39 is 0 Å². The normalized spacial score (nSPS) is 11.3. The van der Waals surface area contributed by atoms with Gasteiger partial charge in [0.1, 0.15) is 9.98 Å². The quantitative estimate of drug-likeness (QED) is 0.236. The first-order valence-corrected chi connectivity index (χ1v) is 10.4. The Balaban J connectivity index is 1.93. The fraction of sp³-hybridized carbons (Fsp3) is 0.316. The zero-order valence-electron chi connectivity index (χ0n) is 15.0. The summed E-state index contributed by atoms with van der Waals surface area (Å²) in [4.78, 5) is 22.7. The Kier molecular flexibility index (Phi) is 5.85. The number of aryl methyl sites for hydroxylation is 2. The summed E-state index contributed by atoms with van der Waals surface area (Å²) in [5.41, 5.74) is 3.39. The number of thioether (sulfide) groups is 1. The van der Waals surface area contributed by atoms with Gasteiger partial charge in [0.15, 0.2) is 5.16 Å². The second-order valence-electron chi connectivity index (χ2n) is 6.20. The average molecular weight is 407 g/mol. The highest BCUT2D eigenvalue weighted by atomic mass is 35.5. The van der Waals surface area contributed by atoms with Gasteiger partial charge in [-0.15, -0.1) is 11.3 Å². The number of rotatable bonds is 5. The molecular weight excluding hydrogens is 388 g/mol. The molecule has 3 rings (SSSR count). The van der Waals surface area contributed by atoms with Crippen molar-refractivity contribution < 1.29 is 9.53 Å². The van der Waals surface area contributed by atoms with Crippen molar-refractivity contribution in [3.63, 3.8) is 0 Å². The summed E-state index contributed by atoms with van der Waals surface area (Å²) in [7, 11) is 0. The molecule has 0 radical (unpaired) electrons. The smallest absolute Gasteiger partial charge is 0.316 e. The molecule has 0 fully saturated rings. The number of hydrogen-bond acceptors (Lipinski definition) is 6. The molecule has 0 aliphatic carbocycles. The zero-order valence-corrected chi connectivity index (χ0v) is 17.4. The SMILES string of the molecule is Cc1ccc(-c2c(C)sc3nc(SCC(=O)OC(C)C)nc(Cl)c23)cc1. The number of fused-ring (bicyclic) bond motifs is 1. The van der Waals surface area contributed by atoms with E-state index in [1.165, 1.54) is 17.3 Å². The molecule has 7 heteroatoms. The highest BCUT2D eigenvalue weighted by Gasteiger charge is 2.18. The predicted molar refractivity (Wildman–Crippen MR) is 109 cm³/mol. The summed E-state index contributed by atoms with van der Waals surface area (Å²) in [6.07, 6.45) is -0.132. The van der Waals surface area contributed by atoms with E-state index in [2.05, 4.69) is 48.1 Å². The molecule has 0 saturated heterocycles. The minimum Gasteiger partial charge on any atom is -0.462 e. The Morgan fingerprint density at radius 2 is 1.92 bits per heavy atom. The van der Waals surface area contributed by atoms with E-state index in [4.69, 9.17) is 16.3 Å².